The van der Waals surface area contributed by atoms with Crippen molar-refractivity contribution >= 4 is 17.9 Å². The molecule has 0 fully saturated rings. The second-order valence-corrected chi connectivity index (χ2v) is 6.13. The van der Waals surface area contributed by atoms with Crippen LogP contribution in [0.2, 0.25) is 0 Å². The zero-order valence-corrected chi connectivity index (χ0v) is 18.5. The molecule has 1 aromatic carbocycles. The molecule has 0 saturated heterocycles. The van der Waals surface area contributed by atoms with Crippen LogP contribution in [0.15, 0.2) is 12.1 Å². The maximum atomic E-state index is 11.7. The van der Waals surface area contributed by atoms with E-state index < -0.39 is 17.9 Å². The number of hydrogen-bond acceptors (Lipinski definition) is 10. The largest absolute Gasteiger partial charge is 0.489 e. The number of hydrogen-bond donors (Lipinski definition) is 1. The zero-order chi connectivity index (χ0) is 23.8. The van der Waals surface area contributed by atoms with Crippen LogP contribution >= 0.6 is 0 Å². The Morgan fingerprint density at radius 2 is 1.28 bits per heavy atom. The van der Waals surface area contributed by atoms with Crippen molar-refractivity contribution in [3.63, 3.8) is 0 Å². The number of carbonyl (C=O) groups excluding carboxylic acids is 2. The molecule has 0 radical (unpaired) electrons. The van der Waals surface area contributed by atoms with Crippen LogP contribution < -0.4 is 18.9 Å². The first-order valence-electron chi connectivity index (χ1n) is 10.0. The molecule has 0 aromatic heterocycles. The van der Waals surface area contributed by atoms with Crippen LogP contribution in [-0.2, 0) is 28.6 Å². The van der Waals surface area contributed by atoms with Gasteiger partial charge >= 0.3 is 17.9 Å². The lowest BCUT2D eigenvalue weighted by atomic mass is 10.2. The molecule has 0 heterocycles. The summed E-state index contributed by atoms with van der Waals surface area (Å²) >= 11 is 0. The van der Waals surface area contributed by atoms with Gasteiger partial charge in [-0.2, -0.15) is 0 Å². The maximum absolute atomic E-state index is 11.7. The number of carboxylic acids is 1. The van der Waals surface area contributed by atoms with Crippen LogP contribution in [0.4, 0.5) is 0 Å². The van der Waals surface area contributed by atoms with E-state index in [-0.39, 0.29) is 69.5 Å². The molecule has 11 nitrogen and oxygen atoms in total. The highest BCUT2D eigenvalue weighted by molar-refractivity contribution is 5.70. The summed E-state index contributed by atoms with van der Waals surface area (Å²) in [4.78, 5) is 33.9. The Hall–Kier alpha value is -3.21. The van der Waals surface area contributed by atoms with E-state index in [2.05, 4.69) is 4.74 Å². The van der Waals surface area contributed by atoms with Gasteiger partial charge in [-0.1, -0.05) is 0 Å². The Kier molecular flexibility index (Phi) is 13.1. The van der Waals surface area contributed by atoms with Gasteiger partial charge in [-0.25, -0.2) is 0 Å². The lowest BCUT2D eigenvalue weighted by molar-refractivity contribution is -0.144. The molecule has 0 saturated carbocycles. The second kappa shape index (κ2) is 15.6. The number of esters is 2. The molecule has 1 rings (SSSR count). The molecular formula is C21H30O11. The van der Waals surface area contributed by atoms with Crippen molar-refractivity contribution in [3.05, 3.63) is 12.1 Å². The normalized spacial score (nSPS) is 10.2. The minimum Gasteiger partial charge on any atom is -0.489 e. The number of aliphatic carboxylic acids is 1. The van der Waals surface area contributed by atoms with Gasteiger partial charge in [-0.05, 0) is 19.1 Å². The van der Waals surface area contributed by atoms with Gasteiger partial charge in [0.05, 0.1) is 59.4 Å². The molecule has 0 atom stereocenters. The third-order valence-electron chi connectivity index (χ3n) is 3.80. The van der Waals surface area contributed by atoms with Crippen molar-refractivity contribution in [1.29, 1.82) is 0 Å². The predicted molar refractivity (Wildman–Crippen MR) is 110 cm³/mol. The fraction of sp³-hybridized carbons (Fsp3) is 0.571. The Labute approximate surface area is 186 Å². The van der Waals surface area contributed by atoms with Crippen LogP contribution in [0.1, 0.15) is 26.2 Å². The van der Waals surface area contributed by atoms with Crippen molar-refractivity contribution in [1.82, 2.24) is 0 Å². The highest BCUT2D eigenvalue weighted by atomic mass is 16.6. The Morgan fingerprint density at radius 3 is 1.78 bits per heavy atom. The second-order valence-electron chi connectivity index (χ2n) is 6.13. The van der Waals surface area contributed by atoms with Crippen LogP contribution in [0.5, 0.6) is 23.0 Å². The minimum atomic E-state index is -1.02. The Bertz CT molecular complexity index is 733. The fourth-order valence-corrected chi connectivity index (χ4v) is 2.32. The van der Waals surface area contributed by atoms with Crippen LogP contribution in [0.3, 0.4) is 0 Å². The van der Waals surface area contributed by atoms with Gasteiger partial charge in [-0.3, -0.25) is 14.4 Å². The highest BCUT2D eigenvalue weighted by Crippen LogP contribution is 2.45. The average Bonchev–Trinajstić information content (AvgIpc) is 2.76. The molecule has 0 unspecified atom stereocenters. The summed E-state index contributed by atoms with van der Waals surface area (Å²) in [7, 11) is 2.79. The van der Waals surface area contributed by atoms with Crippen molar-refractivity contribution in [2.24, 2.45) is 0 Å². The first-order valence-corrected chi connectivity index (χ1v) is 10.0. The molecule has 0 amide bonds. The van der Waals surface area contributed by atoms with Gasteiger partial charge in [0.15, 0.2) is 11.5 Å². The van der Waals surface area contributed by atoms with Crippen molar-refractivity contribution in [3.8, 4) is 23.0 Å². The molecule has 11 heteroatoms. The quantitative estimate of drug-likeness (QED) is 0.270. The van der Waals surface area contributed by atoms with E-state index in [1.807, 2.05) is 0 Å². The summed E-state index contributed by atoms with van der Waals surface area (Å²) in [6.45, 7) is 2.27. The van der Waals surface area contributed by atoms with Gasteiger partial charge in [0.2, 0.25) is 11.5 Å². The number of methoxy groups -OCH3 is 2. The molecule has 0 bridgehead atoms. The van der Waals surface area contributed by atoms with Crippen LogP contribution in [-0.4, -0.2) is 76.9 Å². The molecular weight excluding hydrogens is 428 g/mol. The Balaban J connectivity index is 3.13. The molecule has 180 valence electrons. The lowest BCUT2D eigenvalue weighted by Gasteiger charge is -2.19. The molecule has 0 aliphatic rings. The van der Waals surface area contributed by atoms with Gasteiger partial charge in [-0.15, -0.1) is 0 Å². The number of benzene rings is 1. The van der Waals surface area contributed by atoms with E-state index in [1.54, 1.807) is 13.0 Å². The molecule has 0 spiro atoms. The number of carbonyl (C=O) groups is 3. The third kappa shape index (κ3) is 10.2. The topological polar surface area (TPSA) is 136 Å². The number of ether oxygens (including phenoxy) is 7. The first-order chi connectivity index (χ1) is 15.4. The molecule has 32 heavy (non-hydrogen) atoms. The molecule has 1 aromatic rings. The predicted octanol–water partition coefficient (Wildman–Crippen LogP) is 1.84. The summed E-state index contributed by atoms with van der Waals surface area (Å²) in [6, 6.07) is 3.11. The molecule has 0 aliphatic carbocycles. The van der Waals surface area contributed by atoms with Crippen molar-refractivity contribution < 1.29 is 52.6 Å². The maximum Gasteiger partial charge on any atom is 0.309 e. The summed E-state index contributed by atoms with van der Waals surface area (Å²) in [5.41, 5.74) is 0. The fourth-order valence-electron chi connectivity index (χ4n) is 2.32. The monoisotopic (exact) mass is 458 g/mol. The van der Waals surface area contributed by atoms with Crippen LogP contribution in [0.25, 0.3) is 0 Å². The highest BCUT2D eigenvalue weighted by Gasteiger charge is 2.21. The van der Waals surface area contributed by atoms with E-state index in [9.17, 15) is 14.4 Å². The third-order valence-corrected chi connectivity index (χ3v) is 3.80. The summed E-state index contributed by atoms with van der Waals surface area (Å²) < 4.78 is 37.2. The SMILES string of the molecule is CCOC(=O)CCOc1c(OCCOC)ccc(OCCC(=O)O)c1OCCC(=O)OC. The first kappa shape index (κ1) is 26.8. The van der Waals surface area contributed by atoms with Gasteiger partial charge in [0, 0.05) is 7.11 Å². The number of rotatable bonds is 17. The van der Waals surface area contributed by atoms with E-state index in [1.165, 1.54) is 20.3 Å². The molecule has 1 N–H and O–H groups in total. The Morgan fingerprint density at radius 1 is 0.750 bits per heavy atom. The average molecular weight is 458 g/mol. The smallest absolute Gasteiger partial charge is 0.309 e. The zero-order valence-electron chi connectivity index (χ0n) is 18.5. The number of carboxylic acid groups (broad SMARTS) is 1. The van der Waals surface area contributed by atoms with Crippen molar-refractivity contribution in [2.45, 2.75) is 26.2 Å². The van der Waals surface area contributed by atoms with E-state index in [0.717, 1.165) is 0 Å². The van der Waals surface area contributed by atoms with Crippen molar-refractivity contribution in [2.75, 3.05) is 53.9 Å². The summed E-state index contributed by atoms with van der Waals surface area (Å²) in [6.07, 6.45) is -0.286. The van der Waals surface area contributed by atoms with Crippen LogP contribution in [0, 0.1) is 0 Å². The minimum absolute atomic E-state index is 0.0168. The summed E-state index contributed by atoms with van der Waals surface area (Å²) in [5.74, 6) is -1.19. The summed E-state index contributed by atoms with van der Waals surface area (Å²) in [5, 5.41) is 8.86. The lowest BCUT2D eigenvalue weighted by Crippen LogP contribution is -2.14. The van der Waals surface area contributed by atoms with E-state index in [0.29, 0.717) is 12.4 Å². The van der Waals surface area contributed by atoms with E-state index in [4.69, 9.17) is 33.5 Å². The van der Waals surface area contributed by atoms with Gasteiger partial charge in [0.25, 0.3) is 0 Å². The molecule has 0 aliphatic heterocycles. The van der Waals surface area contributed by atoms with Gasteiger partial charge in [0.1, 0.15) is 6.61 Å². The standard InChI is InChI=1S/C21H30O11/c1-4-28-19(25)9-12-32-21-16(30-14-13-26-2)6-5-15(29-10-7-17(22)23)20(21)31-11-8-18(24)27-3/h5-6H,4,7-14H2,1-3H3,(H,22,23). The van der Waals surface area contributed by atoms with E-state index >= 15 is 0 Å². The van der Waals surface area contributed by atoms with Gasteiger partial charge < -0.3 is 38.3 Å².